The highest BCUT2D eigenvalue weighted by atomic mass is 79.9. The van der Waals surface area contributed by atoms with E-state index < -0.39 is 0 Å². The highest BCUT2D eigenvalue weighted by Crippen LogP contribution is 2.28. The molecule has 1 nitrogen and oxygen atoms in total. The monoisotopic (exact) mass is 229 g/mol. The number of rotatable bonds is 1. The second kappa shape index (κ2) is 3.27. The van der Waals surface area contributed by atoms with Crippen LogP contribution < -0.4 is 5.73 Å². The molecular formula is C9H9BrFN. The quantitative estimate of drug-likeness (QED) is 0.736. The molecule has 1 rings (SSSR count). The maximum atomic E-state index is 12.8. The van der Waals surface area contributed by atoms with Gasteiger partial charge in [0.15, 0.2) is 0 Å². The molecule has 2 N–H and O–H groups in total. The SMILES string of the molecule is C=C(C)c1cc(F)cc(Br)c1N. The molecule has 0 bridgehead atoms. The minimum atomic E-state index is -0.311. The number of halogens is 2. The van der Waals surface area contributed by atoms with E-state index in [1.165, 1.54) is 12.1 Å². The molecule has 0 aliphatic heterocycles. The first-order valence-corrected chi connectivity index (χ1v) is 4.22. The lowest BCUT2D eigenvalue weighted by molar-refractivity contribution is 0.626. The number of nitrogen functional groups attached to an aromatic ring is 1. The highest BCUT2D eigenvalue weighted by Gasteiger charge is 2.06. The van der Waals surface area contributed by atoms with Crippen molar-refractivity contribution in [3.8, 4) is 0 Å². The fourth-order valence-corrected chi connectivity index (χ4v) is 1.37. The molecule has 0 aliphatic rings. The molecule has 0 atom stereocenters. The minimum absolute atomic E-state index is 0.311. The number of nitrogens with two attached hydrogens (primary N) is 1. The van der Waals surface area contributed by atoms with E-state index in [1.807, 2.05) is 0 Å². The van der Waals surface area contributed by atoms with E-state index in [0.29, 0.717) is 15.7 Å². The van der Waals surface area contributed by atoms with Crippen LogP contribution in [0, 0.1) is 5.82 Å². The van der Waals surface area contributed by atoms with Gasteiger partial charge in [0.25, 0.3) is 0 Å². The van der Waals surface area contributed by atoms with Gasteiger partial charge in [0, 0.05) is 10.0 Å². The van der Waals surface area contributed by atoms with Crippen LogP contribution in [0.2, 0.25) is 0 Å². The van der Waals surface area contributed by atoms with Gasteiger partial charge < -0.3 is 5.73 Å². The summed E-state index contributed by atoms with van der Waals surface area (Å²) >= 11 is 3.16. The predicted molar refractivity (Wildman–Crippen MR) is 53.2 cm³/mol. The first-order chi connectivity index (χ1) is 5.52. The standard InChI is InChI=1S/C9H9BrFN/c1-5(2)7-3-6(11)4-8(10)9(7)12/h3-4H,1,12H2,2H3. The van der Waals surface area contributed by atoms with E-state index in [1.54, 1.807) is 6.92 Å². The second-order valence-electron chi connectivity index (χ2n) is 2.63. The minimum Gasteiger partial charge on any atom is -0.397 e. The molecule has 0 aromatic heterocycles. The second-order valence-corrected chi connectivity index (χ2v) is 3.48. The van der Waals surface area contributed by atoms with Crippen molar-refractivity contribution in [3.63, 3.8) is 0 Å². The summed E-state index contributed by atoms with van der Waals surface area (Å²) in [6.07, 6.45) is 0. The maximum Gasteiger partial charge on any atom is 0.125 e. The summed E-state index contributed by atoms with van der Waals surface area (Å²) in [5.74, 6) is -0.311. The Labute approximate surface area is 79.2 Å². The lowest BCUT2D eigenvalue weighted by Crippen LogP contribution is -1.94. The summed E-state index contributed by atoms with van der Waals surface area (Å²) in [6.45, 7) is 5.49. The van der Waals surface area contributed by atoms with Crippen molar-refractivity contribution >= 4 is 27.2 Å². The van der Waals surface area contributed by atoms with Crippen LogP contribution >= 0.6 is 15.9 Å². The van der Waals surface area contributed by atoms with Crippen LogP contribution in [0.4, 0.5) is 10.1 Å². The van der Waals surface area contributed by atoms with Gasteiger partial charge in [-0.2, -0.15) is 0 Å². The Morgan fingerprint density at radius 3 is 2.67 bits per heavy atom. The zero-order valence-electron chi connectivity index (χ0n) is 6.70. The first-order valence-electron chi connectivity index (χ1n) is 3.42. The third kappa shape index (κ3) is 1.67. The largest absolute Gasteiger partial charge is 0.397 e. The molecule has 0 amide bonds. The topological polar surface area (TPSA) is 26.0 Å². The molecule has 64 valence electrons. The summed E-state index contributed by atoms with van der Waals surface area (Å²) in [5.41, 5.74) is 7.62. The summed E-state index contributed by atoms with van der Waals surface area (Å²) in [6, 6.07) is 2.71. The maximum absolute atomic E-state index is 12.8. The fourth-order valence-electron chi connectivity index (χ4n) is 0.938. The van der Waals surface area contributed by atoms with Crippen LogP contribution in [-0.4, -0.2) is 0 Å². The molecular weight excluding hydrogens is 221 g/mol. The Kier molecular flexibility index (Phi) is 2.52. The van der Waals surface area contributed by atoms with Gasteiger partial charge in [0.05, 0.1) is 5.69 Å². The number of anilines is 1. The van der Waals surface area contributed by atoms with Crippen molar-refractivity contribution in [3.05, 3.63) is 34.6 Å². The summed E-state index contributed by atoms with van der Waals surface area (Å²) in [4.78, 5) is 0. The third-order valence-corrected chi connectivity index (χ3v) is 2.21. The van der Waals surface area contributed by atoms with Gasteiger partial charge in [-0.1, -0.05) is 6.58 Å². The van der Waals surface area contributed by atoms with E-state index in [2.05, 4.69) is 22.5 Å². The van der Waals surface area contributed by atoms with Gasteiger partial charge in [-0.05, 0) is 40.6 Å². The van der Waals surface area contributed by atoms with Crippen LogP contribution in [0.3, 0.4) is 0 Å². The van der Waals surface area contributed by atoms with Gasteiger partial charge in [-0.3, -0.25) is 0 Å². The number of hydrogen-bond donors (Lipinski definition) is 1. The molecule has 0 saturated carbocycles. The molecule has 0 fully saturated rings. The van der Waals surface area contributed by atoms with Crippen molar-refractivity contribution in [2.24, 2.45) is 0 Å². The predicted octanol–water partition coefficient (Wildman–Crippen LogP) is 3.20. The molecule has 0 saturated heterocycles. The Hall–Kier alpha value is -0.830. The fraction of sp³-hybridized carbons (Fsp3) is 0.111. The molecule has 0 aliphatic carbocycles. The lowest BCUT2D eigenvalue weighted by atomic mass is 10.1. The van der Waals surface area contributed by atoms with E-state index in [9.17, 15) is 4.39 Å². The molecule has 12 heavy (non-hydrogen) atoms. The van der Waals surface area contributed by atoms with Gasteiger partial charge in [-0.15, -0.1) is 0 Å². The first kappa shape index (κ1) is 9.26. The molecule has 1 aromatic carbocycles. The van der Waals surface area contributed by atoms with Crippen LogP contribution in [0.1, 0.15) is 12.5 Å². The van der Waals surface area contributed by atoms with Gasteiger partial charge in [0.2, 0.25) is 0 Å². The molecule has 0 unspecified atom stereocenters. The van der Waals surface area contributed by atoms with Crippen LogP contribution in [0.25, 0.3) is 5.57 Å². The van der Waals surface area contributed by atoms with E-state index >= 15 is 0 Å². The van der Waals surface area contributed by atoms with Crippen LogP contribution in [0.5, 0.6) is 0 Å². The Morgan fingerprint density at radius 1 is 1.58 bits per heavy atom. The van der Waals surface area contributed by atoms with Crippen molar-refractivity contribution < 1.29 is 4.39 Å². The van der Waals surface area contributed by atoms with Crippen molar-refractivity contribution in [2.75, 3.05) is 5.73 Å². The molecule has 0 radical (unpaired) electrons. The zero-order chi connectivity index (χ0) is 9.30. The summed E-state index contributed by atoms with van der Waals surface area (Å²) in [5, 5.41) is 0. The van der Waals surface area contributed by atoms with E-state index in [-0.39, 0.29) is 5.82 Å². The Bertz CT molecular complexity index is 334. The van der Waals surface area contributed by atoms with Gasteiger partial charge in [0.1, 0.15) is 5.82 Å². The smallest absolute Gasteiger partial charge is 0.125 e. The van der Waals surface area contributed by atoms with Crippen molar-refractivity contribution in [1.82, 2.24) is 0 Å². The average molecular weight is 230 g/mol. The molecule has 0 heterocycles. The normalized spacial score (nSPS) is 9.92. The Morgan fingerprint density at radius 2 is 2.17 bits per heavy atom. The highest BCUT2D eigenvalue weighted by molar-refractivity contribution is 9.10. The van der Waals surface area contributed by atoms with Gasteiger partial charge >= 0.3 is 0 Å². The number of allylic oxidation sites excluding steroid dienone is 1. The average Bonchev–Trinajstić information content (AvgIpc) is 1.96. The zero-order valence-corrected chi connectivity index (χ0v) is 8.28. The summed E-state index contributed by atoms with van der Waals surface area (Å²) < 4.78 is 13.4. The lowest BCUT2D eigenvalue weighted by Gasteiger charge is -2.06. The van der Waals surface area contributed by atoms with Crippen LogP contribution in [0.15, 0.2) is 23.2 Å². The van der Waals surface area contributed by atoms with Crippen molar-refractivity contribution in [2.45, 2.75) is 6.92 Å². The molecule has 0 spiro atoms. The number of hydrogen-bond acceptors (Lipinski definition) is 1. The summed E-state index contributed by atoms with van der Waals surface area (Å²) in [7, 11) is 0. The van der Waals surface area contributed by atoms with E-state index in [4.69, 9.17) is 5.73 Å². The number of benzene rings is 1. The third-order valence-electron chi connectivity index (χ3n) is 1.55. The van der Waals surface area contributed by atoms with Crippen molar-refractivity contribution in [1.29, 1.82) is 0 Å². The van der Waals surface area contributed by atoms with Gasteiger partial charge in [-0.25, -0.2) is 4.39 Å². The van der Waals surface area contributed by atoms with E-state index in [0.717, 1.165) is 5.57 Å². The molecule has 1 aromatic rings. The van der Waals surface area contributed by atoms with Crippen LogP contribution in [-0.2, 0) is 0 Å². The Balaban J connectivity index is 3.37. The molecule has 3 heteroatoms.